The van der Waals surface area contributed by atoms with Gasteiger partial charge in [-0.25, -0.2) is 0 Å². The Morgan fingerprint density at radius 2 is 1.53 bits per heavy atom. The van der Waals surface area contributed by atoms with Crippen LogP contribution in [0.25, 0.3) is 0 Å². The first-order chi connectivity index (χ1) is 9.20. The third-order valence-electron chi connectivity index (χ3n) is 3.38. The van der Waals surface area contributed by atoms with Crippen LogP contribution in [0, 0.1) is 0 Å². The molecule has 3 nitrogen and oxygen atoms in total. The molecule has 0 saturated heterocycles. The highest BCUT2D eigenvalue weighted by Crippen LogP contribution is 2.27. The first-order valence-electron chi connectivity index (χ1n) is 6.49. The molecule has 0 spiro atoms. The molecule has 0 heterocycles. The van der Waals surface area contributed by atoms with Crippen molar-refractivity contribution in [2.45, 2.75) is 18.4 Å². The van der Waals surface area contributed by atoms with Gasteiger partial charge >= 0.3 is 0 Å². The molecule has 2 rings (SSSR count). The molecule has 3 heteroatoms. The summed E-state index contributed by atoms with van der Waals surface area (Å²) in [4.78, 5) is 0. The van der Waals surface area contributed by atoms with Crippen LogP contribution in [0.15, 0.2) is 54.6 Å². The highest BCUT2D eigenvalue weighted by molar-refractivity contribution is 5.40. The van der Waals surface area contributed by atoms with Crippen molar-refractivity contribution in [1.82, 2.24) is 0 Å². The fraction of sp³-hybridized carbons (Fsp3) is 0.250. The molecule has 0 aliphatic rings. The van der Waals surface area contributed by atoms with E-state index in [0.717, 1.165) is 16.8 Å². The number of aliphatic hydroxyl groups excluding tert-OH is 1. The Kier molecular flexibility index (Phi) is 4.55. The fourth-order valence-electron chi connectivity index (χ4n) is 2.22. The molecule has 0 aliphatic carbocycles. The molecule has 1 unspecified atom stereocenters. The first-order valence-corrected chi connectivity index (χ1v) is 6.49. The van der Waals surface area contributed by atoms with Gasteiger partial charge in [0, 0.05) is 5.69 Å². The van der Waals surface area contributed by atoms with Crippen molar-refractivity contribution in [2.75, 3.05) is 12.3 Å². The first kappa shape index (κ1) is 13.6. The second-order valence-corrected chi connectivity index (χ2v) is 4.76. The van der Waals surface area contributed by atoms with Gasteiger partial charge in [0.05, 0.1) is 6.10 Å². The normalized spacial score (nSPS) is 14.0. The molecule has 5 N–H and O–H groups in total. The van der Waals surface area contributed by atoms with E-state index in [0.29, 0.717) is 13.0 Å². The number of anilines is 1. The van der Waals surface area contributed by atoms with E-state index in [1.807, 2.05) is 54.6 Å². The zero-order valence-electron chi connectivity index (χ0n) is 10.9. The van der Waals surface area contributed by atoms with Crippen LogP contribution in [0.3, 0.4) is 0 Å². The van der Waals surface area contributed by atoms with E-state index in [1.165, 1.54) is 0 Å². The molecule has 2 atom stereocenters. The molecular weight excluding hydrogens is 236 g/mol. The van der Waals surface area contributed by atoms with Crippen molar-refractivity contribution >= 4 is 5.69 Å². The van der Waals surface area contributed by atoms with Crippen LogP contribution in [0.4, 0.5) is 5.69 Å². The topological polar surface area (TPSA) is 72.3 Å². The van der Waals surface area contributed by atoms with Gasteiger partial charge < -0.3 is 16.6 Å². The van der Waals surface area contributed by atoms with Gasteiger partial charge in [-0.3, -0.25) is 0 Å². The smallest absolute Gasteiger partial charge is 0.0796 e. The summed E-state index contributed by atoms with van der Waals surface area (Å²) in [6, 6.07) is 17.4. The standard InChI is InChI=1S/C16H20N2O/c17-11-14(12-6-8-15(18)9-7-12)10-16(19)13-4-2-1-3-5-13/h1-9,14,16,19H,10-11,17-18H2/t14?,16-/m1/s1. The van der Waals surface area contributed by atoms with E-state index >= 15 is 0 Å². The minimum atomic E-state index is -0.493. The zero-order chi connectivity index (χ0) is 13.7. The number of benzene rings is 2. The SMILES string of the molecule is NCC(C[C@@H](O)c1ccccc1)c1ccc(N)cc1. The Labute approximate surface area is 113 Å². The Morgan fingerprint density at radius 3 is 2.11 bits per heavy atom. The predicted octanol–water partition coefficient (Wildman–Crippen LogP) is 2.43. The van der Waals surface area contributed by atoms with Crippen LogP contribution in [0.2, 0.25) is 0 Å². The summed E-state index contributed by atoms with van der Waals surface area (Å²) >= 11 is 0. The Morgan fingerprint density at radius 1 is 0.895 bits per heavy atom. The van der Waals surface area contributed by atoms with Crippen molar-refractivity contribution in [3.63, 3.8) is 0 Å². The number of aliphatic hydroxyl groups is 1. The van der Waals surface area contributed by atoms with Gasteiger partial charge in [0.25, 0.3) is 0 Å². The van der Waals surface area contributed by atoms with Crippen LogP contribution in [0.5, 0.6) is 0 Å². The third-order valence-corrected chi connectivity index (χ3v) is 3.38. The van der Waals surface area contributed by atoms with Crippen LogP contribution in [-0.4, -0.2) is 11.7 Å². The van der Waals surface area contributed by atoms with E-state index in [1.54, 1.807) is 0 Å². The molecule has 0 saturated carbocycles. The maximum atomic E-state index is 10.3. The Hall–Kier alpha value is -1.84. The molecule has 2 aromatic rings. The highest BCUT2D eigenvalue weighted by atomic mass is 16.3. The summed E-state index contributed by atoms with van der Waals surface area (Å²) in [5.41, 5.74) is 14.3. The summed E-state index contributed by atoms with van der Waals surface area (Å²) in [7, 11) is 0. The molecule has 0 fully saturated rings. The molecule has 100 valence electrons. The van der Waals surface area contributed by atoms with Crippen LogP contribution >= 0.6 is 0 Å². The molecule has 0 radical (unpaired) electrons. The van der Waals surface area contributed by atoms with Gasteiger partial charge in [0.2, 0.25) is 0 Å². The van der Waals surface area contributed by atoms with Crippen molar-refractivity contribution in [3.8, 4) is 0 Å². The van der Waals surface area contributed by atoms with Gasteiger partial charge in [-0.05, 0) is 42.1 Å². The van der Waals surface area contributed by atoms with Gasteiger partial charge in [0.15, 0.2) is 0 Å². The summed E-state index contributed by atoms with van der Waals surface area (Å²) in [5.74, 6) is 0.135. The maximum absolute atomic E-state index is 10.3. The van der Waals surface area contributed by atoms with Crippen molar-refractivity contribution in [2.24, 2.45) is 5.73 Å². The lowest BCUT2D eigenvalue weighted by molar-refractivity contribution is 0.158. The van der Waals surface area contributed by atoms with Gasteiger partial charge in [-0.1, -0.05) is 42.5 Å². The van der Waals surface area contributed by atoms with Crippen molar-refractivity contribution in [3.05, 3.63) is 65.7 Å². The van der Waals surface area contributed by atoms with Gasteiger partial charge in [0.1, 0.15) is 0 Å². The average Bonchev–Trinajstić information content (AvgIpc) is 2.46. The summed E-state index contributed by atoms with van der Waals surface area (Å²) in [6.45, 7) is 0.508. The number of hydrogen-bond acceptors (Lipinski definition) is 3. The second kappa shape index (κ2) is 6.36. The molecule has 0 aliphatic heterocycles. The average molecular weight is 256 g/mol. The minimum Gasteiger partial charge on any atom is -0.399 e. The largest absolute Gasteiger partial charge is 0.399 e. The quantitative estimate of drug-likeness (QED) is 0.719. The number of rotatable bonds is 5. The maximum Gasteiger partial charge on any atom is 0.0796 e. The predicted molar refractivity (Wildman–Crippen MR) is 78.7 cm³/mol. The lowest BCUT2D eigenvalue weighted by Crippen LogP contribution is -2.16. The number of nitrogen functional groups attached to an aromatic ring is 1. The highest BCUT2D eigenvalue weighted by Gasteiger charge is 2.16. The molecule has 19 heavy (non-hydrogen) atoms. The Balaban J connectivity index is 2.09. The zero-order valence-corrected chi connectivity index (χ0v) is 10.9. The molecule has 0 aromatic heterocycles. The van der Waals surface area contributed by atoms with E-state index in [2.05, 4.69) is 0 Å². The fourth-order valence-corrected chi connectivity index (χ4v) is 2.22. The minimum absolute atomic E-state index is 0.135. The van der Waals surface area contributed by atoms with E-state index in [9.17, 15) is 5.11 Å². The van der Waals surface area contributed by atoms with Crippen molar-refractivity contribution < 1.29 is 5.11 Å². The second-order valence-electron chi connectivity index (χ2n) is 4.76. The molecule has 2 aromatic carbocycles. The van der Waals surface area contributed by atoms with Crippen molar-refractivity contribution in [1.29, 1.82) is 0 Å². The Bertz CT molecular complexity index is 496. The summed E-state index contributed by atoms with van der Waals surface area (Å²) < 4.78 is 0. The summed E-state index contributed by atoms with van der Waals surface area (Å²) in [5, 5.41) is 10.3. The molecule has 0 amide bonds. The summed E-state index contributed by atoms with van der Waals surface area (Å²) in [6.07, 6.45) is 0.122. The van der Waals surface area contributed by atoms with E-state index in [4.69, 9.17) is 11.5 Å². The van der Waals surface area contributed by atoms with Crippen LogP contribution in [-0.2, 0) is 0 Å². The van der Waals surface area contributed by atoms with E-state index in [-0.39, 0.29) is 5.92 Å². The van der Waals surface area contributed by atoms with E-state index < -0.39 is 6.10 Å². The third kappa shape index (κ3) is 3.56. The van der Waals surface area contributed by atoms with Gasteiger partial charge in [-0.15, -0.1) is 0 Å². The van der Waals surface area contributed by atoms with Crippen LogP contribution < -0.4 is 11.5 Å². The molecular formula is C16H20N2O. The molecule has 0 bridgehead atoms. The van der Waals surface area contributed by atoms with Gasteiger partial charge in [-0.2, -0.15) is 0 Å². The monoisotopic (exact) mass is 256 g/mol. The number of hydrogen-bond donors (Lipinski definition) is 3. The lowest BCUT2D eigenvalue weighted by atomic mass is 9.90. The lowest BCUT2D eigenvalue weighted by Gasteiger charge is -2.19. The number of nitrogens with two attached hydrogens (primary N) is 2. The van der Waals surface area contributed by atoms with Crippen LogP contribution in [0.1, 0.15) is 29.6 Å².